The van der Waals surface area contributed by atoms with E-state index in [0.29, 0.717) is 12.0 Å². The monoisotopic (exact) mass is 536 g/mol. The van der Waals surface area contributed by atoms with Crippen molar-refractivity contribution in [1.82, 2.24) is 9.78 Å². The molecule has 1 aromatic heterocycles. The lowest BCUT2D eigenvalue weighted by Gasteiger charge is -2.23. The van der Waals surface area contributed by atoms with Gasteiger partial charge in [0.1, 0.15) is 5.82 Å². The van der Waals surface area contributed by atoms with Gasteiger partial charge in [0.15, 0.2) is 0 Å². The van der Waals surface area contributed by atoms with Gasteiger partial charge in [-0.25, -0.2) is 9.18 Å². The highest BCUT2D eigenvalue weighted by Crippen LogP contribution is 2.60. The van der Waals surface area contributed by atoms with Gasteiger partial charge < -0.3 is 9.84 Å². The Balaban J connectivity index is 1.66. The van der Waals surface area contributed by atoms with Crippen molar-refractivity contribution < 1.29 is 37.0 Å². The van der Waals surface area contributed by atoms with E-state index in [4.69, 9.17) is 11.6 Å². The molecule has 37 heavy (non-hydrogen) atoms. The number of ether oxygens (including phenoxy) is 1. The number of aromatic nitrogens is 2. The molecule has 6 nitrogen and oxygen atoms in total. The molecule has 2 aliphatic rings. The van der Waals surface area contributed by atoms with E-state index in [-0.39, 0.29) is 64.3 Å². The molecule has 2 aromatic carbocycles. The molecule has 5 rings (SSSR count). The maximum Gasteiger partial charge on any atom is 0.398 e. The number of fused-ring (bicyclic) bond motifs is 1. The Morgan fingerprint density at radius 1 is 1.22 bits per heavy atom. The van der Waals surface area contributed by atoms with Gasteiger partial charge in [-0.1, -0.05) is 23.7 Å². The van der Waals surface area contributed by atoms with E-state index in [1.807, 2.05) is 0 Å². The van der Waals surface area contributed by atoms with Gasteiger partial charge in [-0.3, -0.25) is 4.79 Å². The summed E-state index contributed by atoms with van der Waals surface area (Å²) in [4.78, 5) is 25.6. The lowest BCUT2D eigenvalue weighted by molar-refractivity contribution is -0.160. The molecule has 0 aliphatic heterocycles. The molecule has 1 heterocycles. The third-order valence-corrected chi connectivity index (χ3v) is 7.43. The van der Waals surface area contributed by atoms with Crippen LogP contribution in [0.15, 0.2) is 36.4 Å². The number of alkyl halides is 3. The van der Waals surface area contributed by atoms with Crippen molar-refractivity contribution in [3.8, 4) is 11.3 Å². The van der Waals surface area contributed by atoms with Crippen molar-refractivity contribution in [2.24, 2.45) is 0 Å². The number of aliphatic hydroxyl groups is 1. The number of hydrogen-bond donors (Lipinski definition) is 1. The van der Waals surface area contributed by atoms with E-state index in [0.717, 1.165) is 17.9 Å². The summed E-state index contributed by atoms with van der Waals surface area (Å²) < 4.78 is 62.6. The lowest BCUT2D eigenvalue weighted by atomic mass is 9.89. The molecule has 1 unspecified atom stereocenters. The summed E-state index contributed by atoms with van der Waals surface area (Å²) in [6.45, 7) is 0. The van der Waals surface area contributed by atoms with E-state index in [1.54, 1.807) is 0 Å². The summed E-state index contributed by atoms with van der Waals surface area (Å²) >= 11 is 6.30. The van der Waals surface area contributed by atoms with Crippen LogP contribution in [-0.4, -0.2) is 46.2 Å². The molecule has 194 valence electrons. The fourth-order valence-electron chi connectivity index (χ4n) is 5.01. The summed E-state index contributed by atoms with van der Waals surface area (Å²) in [6, 6.07) is 7.61. The third-order valence-electron chi connectivity index (χ3n) is 7.12. The van der Waals surface area contributed by atoms with E-state index >= 15 is 4.39 Å². The first-order chi connectivity index (χ1) is 17.5. The standard InChI is InChI=1S/C26H21ClF4N2O4/c1-37-24(36)13-5-7-15(19(28)11-13)22-16-8-6-14(34)12-20(16)33(32-22)23(35)21-17(3-2-4-18(21)27)25(9-10-25)26(29,30)31/h2-5,7,11,14,34H,6,8-10,12H2,1H3. The summed E-state index contributed by atoms with van der Waals surface area (Å²) in [5.41, 5.74) is -1.87. The molecule has 0 bridgehead atoms. The van der Waals surface area contributed by atoms with Gasteiger partial charge in [-0.05, 0) is 55.5 Å². The zero-order chi connectivity index (χ0) is 26.7. The Labute approximate surface area is 213 Å². The number of halogens is 5. The van der Waals surface area contributed by atoms with Crippen molar-refractivity contribution in [2.75, 3.05) is 7.11 Å². The predicted molar refractivity (Wildman–Crippen MR) is 125 cm³/mol. The van der Waals surface area contributed by atoms with Crippen molar-refractivity contribution in [2.45, 2.75) is 49.8 Å². The molecular weight excluding hydrogens is 516 g/mol. The maximum atomic E-state index is 15.1. The Bertz CT molecular complexity index is 1430. The largest absolute Gasteiger partial charge is 0.465 e. The van der Waals surface area contributed by atoms with Gasteiger partial charge in [0.2, 0.25) is 0 Å². The predicted octanol–water partition coefficient (Wildman–Crippen LogP) is 5.26. The second-order valence-electron chi connectivity index (χ2n) is 9.32. The summed E-state index contributed by atoms with van der Waals surface area (Å²) in [5, 5.41) is 14.5. The number of methoxy groups -OCH3 is 1. The van der Waals surface area contributed by atoms with E-state index in [9.17, 15) is 27.9 Å². The highest BCUT2D eigenvalue weighted by atomic mass is 35.5. The van der Waals surface area contributed by atoms with Gasteiger partial charge in [0, 0.05) is 17.5 Å². The topological polar surface area (TPSA) is 81.4 Å². The Kier molecular flexibility index (Phi) is 6.15. The first-order valence-electron chi connectivity index (χ1n) is 11.6. The number of aliphatic hydroxyl groups excluding tert-OH is 1. The fourth-order valence-corrected chi connectivity index (χ4v) is 5.26. The van der Waals surface area contributed by atoms with Gasteiger partial charge in [0.05, 0.1) is 46.2 Å². The first kappa shape index (κ1) is 25.4. The Hall–Kier alpha value is -3.24. The molecule has 1 atom stereocenters. The van der Waals surface area contributed by atoms with E-state index in [2.05, 4.69) is 9.84 Å². The number of nitrogens with zero attached hydrogens (tertiary/aromatic N) is 2. The molecule has 1 saturated carbocycles. The van der Waals surface area contributed by atoms with Crippen LogP contribution in [0.25, 0.3) is 11.3 Å². The van der Waals surface area contributed by atoms with Crippen LogP contribution in [0.1, 0.15) is 56.8 Å². The summed E-state index contributed by atoms with van der Waals surface area (Å²) in [7, 11) is 1.16. The summed E-state index contributed by atoms with van der Waals surface area (Å²) in [6.07, 6.45) is -5.14. The molecule has 11 heteroatoms. The lowest BCUT2D eigenvalue weighted by Crippen LogP contribution is -2.32. The van der Waals surface area contributed by atoms with Crippen molar-refractivity contribution in [1.29, 1.82) is 0 Å². The minimum atomic E-state index is -4.58. The first-order valence-corrected chi connectivity index (χ1v) is 11.9. The van der Waals surface area contributed by atoms with Crippen LogP contribution < -0.4 is 0 Å². The Morgan fingerprint density at radius 3 is 2.57 bits per heavy atom. The quantitative estimate of drug-likeness (QED) is 0.363. The molecule has 0 saturated heterocycles. The molecule has 1 fully saturated rings. The van der Waals surface area contributed by atoms with Gasteiger partial charge in [-0.2, -0.15) is 23.0 Å². The van der Waals surface area contributed by atoms with Gasteiger partial charge in [0.25, 0.3) is 5.91 Å². The average molecular weight is 537 g/mol. The van der Waals surface area contributed by atoms with Crippen LogP contribution in [0.2, 0.25) is 5.02 Å². The normalized spacial score (nSPS) is 18.3. The molecule has 0 amide bonds. The minimum Gasteiger partial charge on any atom is -0.465 e. The molecule has 1 N–H and O–H groups in total. The number of benzene rings is 2. The molecule has 3 aromatic rings. The third kappa shape index (κ3) is 4.12. The van der Waals surface area contributed by atoms with E-state index in [1.165, 1.54) is 30.3 Å². The Morgan fingerprint density at radius 2 is 1.95 bits per heavy atom. The average Bonchev–Trinajstić information content (AvgIpc) is 3.60. The number of hydrogen-bond acceptors (Lipinski definition) is 5. The van der Waals surface area contributed by atoms with Crippen molar-refractivity contribution >= 4 is 23.5 Å². The number of carbonyl (C=O) groups is 2. The van der Waals surface area contributed by atoms with E-state index < -0.39 is 35.4 Å². The second kappa shape index (κ2) is 8.95. The van der Waals surface area contributed by atoms with Crippen LogP contribution in [-0.2, 0) is 23.0 Å². The second-order valence-corrected chi connectivity index (χ2v) is 9.72. The highest BCUT2D eigenvalue weighted by Gasteiger charge is 2.65. The maximum absolute atomic E-state index is 15.1. The smallest absolute Gasteiger partial charge is 0.398 e. The zero-order valence-electron chi connectivity index (χ0n) is 19.5. The molecule has 0 spiro atoms. The van der Waals surface area contributed by atoms with Crippen molar-refractivity contribution in [3.05, 3.63) is 75.2 Å². The molecule has 0 radical (unpaired) electrons. The van der Waals surface area contributed by atoms with Crippen LogP contribution in [0, 0.1) is 5.82 Å². The van der Waals surface area contributed by atoms with Crippen LogP contribution >= 0.6 is 11.6 Å². The van der Waals surface area contributed by atoms with Gasteiger partial charge in [-0.15, -0.1) is 0 Å². The van der Waals surface area contributed by atoms with Crippen LogP contribution in [0.3, 0.4) is 0 Å². The fraction of sp³-hybridized carbons (Fsp3) is 0.346. The number of carbonyl (C=O) groups excluding carboxylic acids is 2. The summed E-state index contributed by atoms with van der Waals surface area (Å²) in [5.74, 6) is -2.41. The molecule has 2 aliphatic carbocycles. The number of rotatable bonds is 4. The SMILES string of the molecule is COC(=O)c1ccc(-c2nn(C(=O)c3c(Cl)cccc3C3(C(F)(F)F)CC3)c3c2CCC(O)C3)c(F)c1. The minimum absolute atomic E-state index is 0.000135. The van der Waals surface area contributed by atoms with Crippen LogP contribution in [0.4, 0.5) is 17.6 Å². The number of esters is 1. The molecular formula is C26H21ClF4N2O4. The zero-order valence-corrected chi connectivity index (χ0v) is 20.3. The van der Waals surface area contributed by atoms with Crippen LogP contribution in [0.5, 0.6) is 0 Å². The van der Waals surface area contributed by atoms with Gasteiger partial charge >= 0.3 is 12.1 Å². The van der Waals surface area contributed by atoms with Crippen molar-refractivity contribution in [3.63, 3.8) is 0 Å². The highest BCUT2D eigenvalue weighted by molar-refractivity contribution is 6.34.